The molecule has 236 valence electrons. The highest BCUT2D eigenvalue weighted by molar-refractivity contribution is 7.90. The predicted molar refractivity (Wildman–Crippen MR) is 170 cm³/mol. The van der Waals surface area contributed by atoms with E-state index in [1.165, 1.54) is 11.8 Å². The molecule has 0 radical (unpaired) electrons. The first kappa shape index (κ1) is 32.4. The number of carbonyl (C=O) groups excluding carboxylic acids is 1. The molecule has 2 atom stereocenters. The van der Waals surface area contributed by atoms with Gasteiger partial charge in [-0.05, 0) is 74.4 Å². The van der Waals surface area contributed by atoms with Crippen LogP contribution < -0.4 is 0 Å². The molecule has 2 aromatic carbocycles. The number of benzene rings is 2. The Morgan fingerprint density at radius 1 is 0.837 bits per heavy atom. The molecule has 0 bridgehead atoms. The number of piperidine rings is 1. The summed E-state index contributed by atoms with van der Waals surface area (Å²) < 4.78 is 52.4. The van der Waals surface area contributed by atoms with E-state index in [1.54, 1.807) is 28.6 Å². The molecule has 3 heterocycles. The Bertz CT molecular complexity index is 1490. The fraction of sp³-hybridized carbons (Fsp3) is 0.594. The lowest BCUT2D eigenvalue weighted by molar-refractivity contribution is -0.139. The molecule has 6 rings (SSSR count). The van der Waals surface area contributed by atoms with E-state index in [4.69, 9.17) is 0 Å². The van der Waals surface area contributed by atoms with Crippen molar-refractivity contribution >= 4 is 38.2 Å². The molecule has 3 aliphatic heterocycles. The van der Waals surface area contributed by atoms with Gasteiger partial charge in [-0.15, -0.1) is 12.4 Å². The molecule has 2 aromatic rings. The minimum Gasteiger partial charge on any atom is -0.338 e. The lowest BCUT2D eigenvalue weighted by Crippen LogP contribution is -2.46. The quantitative estimate of drug-likeness (QED) is 0.423. The molecule has 4 fully saturated rings. The summed E-state index contributed by atoms with van der Waals surface area (Å²) in [6.45, 7) is 4.89. The number of likely N-dealkylation sites (tertiary alicyclic amines) is 2. The predicted octanol–water partition coefficient (Wildman–Crippen LogP) is 4.31. The van der Waals surface area contributed by atoms with Crippen molar-refractivity contribution in [2.75, 3.05) is 45.5 Å². The van der Waals surface area contributed by atoms with Crippen LogP contribution in [0.5, 0.6) is 0 Å². The minimum absolute atomic E-state index is 0. The fourth-order valence-electron chi connectivity index (χ4n) is 7.76. The fourth-order valence-corrected chi connectivity index (χ4v) is 10.5. The van der Waals surface area contributed by atoms with E-state index < -0.39 is 19.9 Å². The van der Waals surface area contributed by atoms with Crippen LogP contribution in [0.4, 0.5) is 0 Å². The van der Waals surface area contributed by atoms with Crippen molar-refractivity contribution in [3.8, 4) is 0 Å². The van der Waals surface area contributed by atoms with Crippen molar-refractivity contribution < 1.29 is 21.6 Å². The summed E-state index contributed by atoms with van der Waals surface area (Å²) in [6.07, 6.45) is 7.27. The molecule has 4 aliphatic rings. The summed E-state index contributed by atoms with van der Waals surface area (Å²) in [6, 6.07) is 17.2. The number of sulfonamides is 1. The van der Waals surface area contributed by atoms with Gasteiger partial charge in [0.1, 0.15) is 0 Å². The normalized spacial score (nSPS) is 25.4. The molecule has 1 saturated carbocycles. The number of hydrogen-bond donors (Lipinski definition) is 0. The largest absolute Gasteiger partial charge is 0.338 e. The molecule has 11 heteroatoms. The molecule has 1 spiro atoms. The van der Waals surface area contributed by atoms with E-state index in [2.05, 4.69) is 17.0 Å². The molecule has 8 nitrogen and oxygen atoms in total. The number of carbonyl (C=O) groups is 1. The summed E-state index contributed by atoms with van der Waals surface area (Å²) in [5.74, 6) is 0.616. The van der Waals surface area contributed by atoms with Gasteiger partial charge in [-0.1, -0.05) is 55.3 Å². The smallest absolute Gasteiger partial charge is 0.229 e. The van der Waals surface area contributed by atoms with Crippen LogP contribution in [0.25, 0.3) is 0 Å². The standard InChI is InChI=1S/C32H43N3O5S2.ClH/c1-41(37,38)28-13-11-25(12-14-28)21-34-20-17-32(31(34)36)15-18-33(19-16-32)22-27-23-35(42(39,40)29-9-5-6-10-29)24-30(27)26-7-3-2-4-8-26;/h2-4,7-8,11-14,27,29-30H,5-6,9-10,15-24H2,1H3;1H/t27-,30+;/m0./s1. The highest BCUT2D eigenvalue weighted by atomic mass is 35.5. The number of hydrogen-bond acceptors (Lipinski definition) is 6. The van der Waals surface area contributed by atoms with Crippen LogP contribution in [0, 0.1) is 11.3 Å². The number of sulfone groups is 1. The van der Waals surface area contributed by atoms with Crippen LogP contribution in [0.15, 0.2) is 59.5 Å². The maximum absolute atomic E-state index is 13.6. The second kappa shape index (κ2) is 12.8. The minimum atomic E-state index is -3.29. The van der Waals surface area contributed by atoms with E-state index in [9.17, 15) is 21.6 Å². The third kappa shape index (κ3) is 6.69. The average Bonchev–Trinajstić information content (AvgIpc) is 3.73. The molecule has 0 aromatic heterocycles. The highest BCUT2D eigenvalue weighted by Crippen LogP contribution is 2.43. The van der Waals surface area contributed by atoms with Crippen LogP contribution in [0.1, 0.15) is 62.0 Å². The Labute approximate surface area is 263 Å². The van der Waals surface area contributed by atoms with Gasteiger partial charge in [0.15, 0.2) is 9.84 Å². The summed E-state index contributed by atoms with van der Waals surface area (Å²) in [5, 5.41) is -0.225. The van der Waals surface area contributed by atoms with Gasteiger partial charge in [0.25, 0.3) is 0 Å². The Hall–Kier alpha value is -1.98. The first-order valence-electron chi connectivity index (χ1n) is 15.4. The SMILES string of the molecule is CS(=O)(=O)c1ccc(CN2CCC3(CCN(C[C@H]4CN(S(=O)(=O)C5CCCC5)C[C@@H]4c4ccccc4)CC3)C2=O)cc1.Cl. The zero-order valence-electron chi connectivity index (χ0n) is 24.9. The van der Waals surface area contributed by atoms with Crippen molar-refractivity contribution in [2.45, 2.75) is 67.6 Å². The topological polar surface area (TPSA) is 95.1 Å². The van der Waals surface area contributed by atoms with E-state index in [0.29, 0.717) is 24.5 Å². The molecule has 1 aliphatic carbocycles. The van der Waals surface area contributed by atoms with Crippen LogP contribution in [0.2, 0.25) is 0 Å². The van der Waals surface area contributed by atoms with E-state index in [-0.39, 0.29) is 40.8 Å². The second-order valence-corrected chi connectivity index (χ2v) is 17.2. The van der Waals surface area contributed by atoms with Gasteiger partial charge in [0.2, 0.25) is 15.9 Å². The van der Waals surface area contributed by atoms with Gasteiger partial charge >= 0.3 is 0 Å². The van der Waals surface area contributed by atoms with Gasteiger partial charge in [-0.3, -0.25) is 4.79 Å². The maximum Gasteiger partial charge on any atom is 0.229 e. The third-order valence-electron chi connectivity index (χ3n) is 10.4. The number of halogens is 1. The van der Waals surface area contributed by atoms with E-state index in [1.807, 2.05) is 23.1 Å². The van der Waals surface area contributed by atoms with Gasteiger partial charge in [0.05, 0.1) is 15.6 Å². The van der Waals surface area contributed by atoms with E-state index >= 15 is 0 Å². The second-order valence-electron chi connectivity index (χ2n) is 13.0. The Kier molecular flexibility index (Phi) is 9.64. The molecule has 0 N–H and O–H groups in total. The van der Waals surface area contributed by atoms with Crippen LogP contribution in [-0.2, 0) is 31.2 Å². The summed E-state index contributed by atoms with van der Waals surface area (Å²) in [5.41, 5.74) is 1.83. The maximum atomic E-state index is 13.6. The van der Waals surface area contributed by atoms with Gasteiger partial charge in [-0.2, -0.15) is 0 Å². The Morgan fingerprint density at radius 3 is 2.09 bits per heavy atom. The number of amides is 1. The van der Waals surface area contributed by atoms with Crippen molar-refractivity contribution in [3.05, 3.63) is 65.7 Å². The number of rotatable bonds is 8. The molecular weight excluding hydrogens is 606 g/mol. The van der Waals surface area contributed by atoms with Crippen molar-refractivity contribution in [1.82, 2.24) is 14.1 Å². The monoisotopic (exact) mass is 649 g/mol. The Morgan fingerprint density at radius 2 is 1.47 bits per heavy atom. The highest BCUT2D eigenvalue weighted by Gasteiger charge is 2.49. The van der Waals surface area contributed by atoms with Gasteiger partial charge in [-0.25, -0.2) is 21.1 Å². The summed E-state index contributed by atoms with van der Waals surface area (Å²) in [4.78, 5) is 18.3. The van der Waals surface area contributed by atoms with Crippen LogP contribution in [0.3, 0.4) is 0 Å². The summed E-state index contributed by atoms with van der Waals surface area (Å²) in [7, 11) is -6.53. The van der Waals surface area contributed by atoms with Crippen molar-refractivity contribution in [1.29, 1.82) is 0 Å². The molecule has 0 unspecified atom stereocenters. The van der Waals surface area contributed by atoms with Gasteiger partial charge < -0.3 is 9.80 Å². The van der Waals surface area contributed by atoms with Crippen molar-refractivity contribution in [2.24, 2.45) is 11.3 Å². The van der Waals surface area contributed by atoms with E-state index in [0.717, 1.165) is 76.7 Å². The zero-order chi connectivity index (χ0) is 29.5. The number of nitrogens with zero attached hydrogens (tertiary/aromatic N) is 3. The molecule has 1 amide bonds. The third-order valence-corrected chi connectivity index (χ3v) is 13.8. The zero-order valence-corrected chi connectivity index (χ0v) is 27.4. The first-order chi connectivity index (χ1) is 20.0. The van der Waals surface area contributed by atoms with Gasteiger partial charge in [0, 0.05) is 44.9 Å². The van der Waals surface area contributed by atoms with Crippen LogP contribution >= 0.6 is 12.4 Å². The van der Waals surface area contributed by atoms with Crippen LogP contribution in [-0.4, -0.2) is 87.6 Å². The average molecular weight is 650 g/mol. The first-order valence-corrected chi connectivity index (χ1v) is 18.8. The Balaban J connectivity index is 0.00000368. The lowest BCUT2D eigenvalue weighted by atomic mass is 9.76. The molecule has 3 saturated heterocycles. The lowest BCUT2D eigenvalue weighted by Gasteiger charge is -2.39. The molecular formula is C32H44ClN3O5S2. The summed E-state index contributed by atoms with van der Waals surface area (Å²) >= 11 is 0. The van der Waals surface area contributed by atoms with Crippen molar-refractivity contribution in [3.63, 3.8) is 0 Å². The molecule has 43 heavy (non-hydrogen) atoms.